The van der Waals surface area contributed by atoms with Crippen LogP contribution in [0.3, 0.4) is 0 Å². The molecule has 1 aromatic heterocycles. The second-order valence-electron chi connectivity index (χ2n) is 4.41. The Bertz CT molecular complexity index is 713. The molecule has 1 heterocycles. The third-order valence-electron chi connectivity index (χ3n) is 2.94. The van der Waals surface area contributed by atoms with Gasteiger partial charge in [-0.1, -0.05) is 24.3 Å². The number of carbonyl (C=O) groups is 2. The molecule has 5 nitrogen and oxygen atoms in total. The van der Waals surface area contributed by atoms with Crippen LogP contribution < -0.4 is 5.32 Å². The van der Waals surface area contributed by atoms with E-state index in [1.165, 1.54) is 18.4 Å². The van der Waals surface area contributed by atoms with Crippen molar-refractivity contribution in [1.82, 2.24) is 10.3 Å². The minimum atomic E-state index is -1.32. The first kappa shape index (κ1) is 14.9. The summed E-state index contributed by atoms with van der Waals surface area (Å²) in [6.45, 7) is 1.92. The number of ketones is 1. The summed E-state index contributed by atoms with van der Waals surface area (Å²) in [5.74, 6) is -2.41. The molecule has 1 unspecified atom stereocenters. The van der Waals surface area contributed by atoms with Crippen molar-refractivity contribution < 1.29 is 9.59 Å². The number of nitrogens with zero attached hydrogens (tertiary/aromatic N) is 2. The Morgan fingerprint density at radius 2 is 2.00 bits per heavy atom. The average Bonchev–Trinajstić information content (AvgIpc) is 2.94. The standard InChI is InChI=1S/C15H13N3O2S/c1-9-8-21-15(18-9)11-5-3-10(4-6-11)13(19)12(7-16)14(20)17-2/h3-6,8,12H,1-2H3,(H,17,20). The molecule has 21 heavy (non-hydrogen) atoms. The number of amides is 1. The molecule has 0 fully saturated rings. The van der Waals surface area contributed by atoms with Gasteiger partial charge in [0.25, 0.3) is 0 Å². The molecule has 2 rings (SSSR count). The van der Waals surface area contributed by atoms with Crippen LogP contribution in [-0.2, 0) is 4.79 Å². The fourth-order valence-corrected chi connectivity index (χ4v) is 2.61. The first-order valence-electron chi connectivity index (χ1n) is 6.24. The van der Waals surface area contributed by atoms with Gasteiger partial charge < -0.3 is 5.32 Å². The van der Waals surface area contributed by atoms with Crippen molar-refractivity contribution in [3.8, 4) is 16.6 Å². The molecule has 106 valence electrons. The zero-order chi connectivity index (χ0) is 15.4. The van der Waals surface area contributed by atoms with Crippen molar-refractivity contribution in [2.24, 2.45) is 5.92 Å². The van der Waals surface area contributed by atoms with Gasteiger partial charge in [0.05, 0.1) is 6.07 Å². The lowest BCUT2D eigenvalue weighted by molar-refractivity contribution is -0.121. The van der Waals surface area contributed by atoms with Crippen LogP contribution in [0.15, 0.2) is 29.6 Å². The van der Waals surface area contributed by atoms with E-state index >= 15 is 0 Å². The molecular weight excluding hydrogens is 286 g/mol. The molecule has 1 amide bonds. The zero-order valence-corrected chi connectivity index (χ0v) is 12.4. The van der Waals surface area contributed by atoms with Crippen LogP contribution in [0, 0.1) is 24.2 Å². The van der Waals surface area contributed by atoms with Gasteiger partial charge in [-0.2, -0.15) is 5.26 Å². The van der Waals surface area contributed by atoms with Crippen molar-refractivity contribution in [1.29, 1.82) is 5.26 Å². The van der Waals surface area contributed by atoms with Crippen LogP contribution in [0.4, 0.5) is 0 Å². The van der Waals surface area contributed by atoms with E-state index in [2.05, 4.69) is 10.3 Å². The smallest absolute Gasteiger partial charge is 0.245 e. The molecule has 1 N–H and O–H groups in total. The second-order valence-corrected chi connectivity index (χ2v) is 5.27. The molecule has 1 aromatic carbocycles. The van der Waals surface area contributed by atoms with Gasteiger partial charge in [-0.25, -0.2) is 4.98 Å². The average molecular weight is 299 g/mol. The normalized spacial score (nSPS) is 11.5. The van der Waals surface area contributed by atoms with Gasteiger partial charge in [-0.05, 0) is 6.92 Å². The lowest BCUT2D eigenvalue weighted by Gasteiger charge is -2.07. The number of Topliss-reactive ketones (excluding diaryl/α,β-unsaturated/α-hetero) is 1. The topological polar surface area (TPSA) is 82.9 Å². The number of aromatic nitrogens is 1. The number of aryl methyl sites for hydroxylation is 1. The highest BCUT2D eigenvalue weighted by atomic mass is 32.1. The van der Waals surface area contributed by atoms with Crippen molar-refractivity contribution in [3.63, 3.8) is 0 Å². The Balaban J connectivity index is 2.24. The number of nitrogens with one attached hydrogen (secondary N) is 1. The highest BCUT2D eigenvalue weighted by Gasteiger charge is 2.26. The molecule has 6 heteroatoms. The summed E-state index contributed by atoms with van der Waals surface area (Å²) in [7, 11) is 1.40. The van der Waals surface area contributed by atoms with Crippen molar-refractivity contribution in [2.45, 2.75) is 6.92 Å². The largest absolute Gasteiger partial charge is 0.358 e. The number of carbonyl (C=O) groups excluding carboxylic acids is 2. The van der Waals surface area contributed by atoms with Crippen LogP contribution in [0.2, 0.25) is 0 Å². The summed E-state index contributed by atoms with van der Waals surface area (Å²) in [4.78, 5) is 28.0. The molecule has 0 bridgehead atoms. The maximum Gasteiger partial charge on any atom is 0.245 e. The molecule has 0 aliphatic carbocycles. The number of benzene rings is 1. The molecular formula is C15H13N3O2S. The van der Waals surface area contributed by atoms with Crippen LogP contribution in [0.25, 0.3) is 10.6 Å². The Kier molecular flexibility index (Phi) is 4.45. The van der Waals surface area contributed by atoms with Crippen molar-refractivity contribution in [2.75, 3.05) is 7.05 Å². The van der Waals surface area contributed by atoms with Crippen molar-refractivity contribution in [3.05, 3.63) is 40.9 Å². The zero-order valence-electron chi connectivity index (χ0n) is 11.6. The van der Waals surface area contributed by atoms with Gasteiger partial charge in [0, 0.05) is 29.2 Å². The number of rotatable bonds is 4. The molecule has 2 aromatic rings. The third-order valence-corrected chi connectivity index (χ3v) is 3.94. The molecule has 1 atom stereocenters. The summed E-state index contributed by atoms with van der Waals surface area (Å²) >= 11 is 1.52. The summed E-state index contributed by atoms with van der Waals surface area (Å²) in [6.07, 6.45) is 0. The SMILES string of the molecule is CNC(=O)C(C#N)C(=O)c1ccc(-c2nc(C)cs2)cc1. The molecule has 0 spiro atoms. The Hall–Kier alpha value is -2.52. The Morgan fingerprint density at radius 3 is 2.48 bits per heavy atom. The first-order chi connectivity index (χ1) is 10.1. The maximum atomic E-state index is 12.1. The van der Waals surface area contributed by atoms with Gasteiger partial charge in [-0.15, -0.1) is 11.3 Å². The highest BCUT2D eigenvalue weighted by molar-refractivity contribution is 7.13. The van der Waals surface area contributed by atoms with E-state index < -0.39 is 17.6 Å². The fraction of sp³-hybridized carbons (Fsp3) is 0.200. The van der Waals surface area contributed by atoms with Crippen LogP contribution in [0.1, 0.15) is 16.1 Å². The van der Waals surface area contributed by atoms with Gasteiger partial charge in [-0.3, -0.25) is 9.59 Å². The highest BCUT2D eigenvalue weighted by Crippen LogP contribution is 2.24. The molecule has 0 saturated carbocycles. The number of hydrogen-bond donors (Lipinski definition) is 1. The minimum Gasteiger partial charge on any atom is -0.358 e. The third kappa shape index (κ3) is 3.15. The number of hydrogen-bond acceptors (Lipinski definition) is 5. The lowest BCUT2D eigenvalue weighted by Crippen LogP contribution is -2.32. The molecule has 0 saturated heterocycles. The minimum absolute atomic E-state index is 0.335. The van der Waals surface area contributed by atoms with E-state index in [4.69, 9.17) is 5.26 Å². The monoisotopic (exact) mass is 299 g/mol. The van der Waals surface area contributed by atoms with E-state index in [9.17, 15) is 9.59 Å². The maximum absolute atomic E-state index is 12.1. The van der Waals surface area contributed by atoms with Crippen LogP contribution in [-0.4, -0.2) is 23.7 Å². The fourth-order valence-electron chi connectivity index (χ4n) is 1.81. The van der Waals surface area contributed by atoms with Crippen LogP contribution in [0.5, 0.6) is 0 Å². The van der Waals surface area contributed by atoms with Crippen LogP contribution >= 0.6 is 11.3 Å². The van der Waals surface area contributed by atoms with E-state index in [0.717, 1.165) is 16.3 Å². The summed E-state index contributed by atoms with van der Waals surface area (Å²) in [6, 6.07) is 8.49. The van der Waals surface area contributed by atoms with Gasteiger partial charge in [0.2, 0.25) is 5.91 Å². The summed E-state index contributed by atoms with van der Waals surface area (Å²) in [5.41, 5.74) is 2.18. The molecule has 0 aliphatic heterocycles. The Morgan fingerprint density at radius 1 is 1.33 bits per heavy atom. The number of thiazole rings is 1. The van der Waals surface area contributed by atoms with Gasteiger partial charge >= 0.3 is 0 Å². The summed E-state index contributed by atoms with van der Waals surface area (Å²) in [5, 5.41) is 14.1. The lowest BCUT2D eigenvalue weighted by atomic mass is 9.97. The van der Waals surface area contributed by atoms with Crippen molar-refractivity contribution >= 4 is 23.0 Å². The molecule has 0 aliphatic rings. The second kappa shape index (κ2) is 6.29. The predicted octanol–water partition coefficient (Wildman–Crippen LogP) is 2.19. The van der Waals surface area contributed by atoms with Gasteiger partial charge in [0.1, 0.15) is 5.01 Å². The van der Waals surface area contributed by atoms with E-state index in [1.54, 1.807) is 30.3 Å². The van der Waals surface area contributed by atoms with Gasteiger partial charge in [0.15, 0.2) is 11.7 Å². The first-order valence-corrected chi connectivity index (χ1v) is 7.12. The summed E-state index contributed by atoms with van der Waals surface area (Å²) < 4.78 is 0. The van der Waals surface area contributed by atoms with E-state index in [-0.39, 0.29) is 0 Å². The van der Waals surface area contributed by atoms with E-state index in [1.807, 2.05) is 12.3 Å². The quantitative estimate of drug-likeness (QED) is 0.693. The molecule has 0 radical (unpaired) electrons. The Labute approximate surface area is 126 Å². The number of nitriles is 1. The predicted molar refractivity (Wildman–Crippen MR) is 79.8 cm³/mol. The van der Waals surface area contributed by atoms with E-state index in [0.29, 0.717) is 5.56 Å².